The summed E-state index contributed by atoms with van der Waals surface area (Å²) in [5.74, 6) is -0.244. The van der Waals surface area contributed by atoms with Gasteiger partial charge in [-0.05, 0) is 18.2 Å². The average molecular weight is 259 g/mol. The van der Waals surface area contributed by atoms with Crippen molar-refractivity contribution in [3.8, 4) is 11.6 Å². The smallest absolute Gasteiger partial charge is 0.348 e. The summed E-state index contributed by atoms with van der Waals surface area (Å²) in [5, 5.41) is 9.08. The Kier molecular flexibility index (Phi) is 4.34. The highest BCUT2D eigenvalue weighted by Gasteiger charge is 2.20. The standard InChI is InChI=1S/C14H13NO4/c16-14(17)12(19-13-8-4-5-9-15-13)10-18-11-6-2-1-3-7-11/h1-9,12H,10H2,(H,16,17). The van der Waals surface area contributed by atoms with Gasteiger partial charge in [-0.2, -0.15) is 0 Å². The van der Waals surface area contributed by atoms with Crippen LogP contribution in [0.5, 0.6) is 11.6 Å². The van der Waals surface area contributed by atoms with Gasteiger partial charge in [-0.25, -0.2) is 9.78 Å². The van der Waals surface area contributed by atoms with E-state index in [0.717, 1.165) is 0 Å². The van der Waals surface area contributed by atoms with E-state index in [2.05, 4.69) is 4.98 Å². The number of carboxylic acid groups (broad SMARTS) is 1. The van der Waals surface area contributed by atoms with Crippen molar-refractivity contribution in [2.45, 2.75) is 6.10 Å². The molecule has 0 amide bonds. The number of benzene rings is 1. The molecule has 0 saturated heterocycles. The van der Waals surface area contributed by atoms with Crippen molar-refractivity contribution in [1.29, 1.82) is 0 Å². The summed E-state index contributed by atoms with van der Waals surface area (Å²) in [6, 6.07) is 14.0. The molecule has 0 fully saturated rings. The lowest BCUT2D eigenvalue weighted by molar-refractivity contribution is -0.146. The Bertz CT molecular complexity index is 515. The number of carbonyl (C=O) groups is 1. The molecule has 0 aliphatic heterocycles. The predicted octanol–water partition coefficient (Wildman–Crippen LogP) is 1.99. The van der Waals surface area contributed by atoms with E-state index in [9.17, 15) is 4.79 Å². The first-order valence-electron chi connectivity index (χ1n) is 5.74. The molecule has 1 N–H and O–H groups in total. The monoisotopic (exact) mass is 259 g/mol. The summed E-state index contributed by atoms with van der Waals surface area (Å²) in [5.41, 5.74) is 0. The predicted molar refractivity (Wildman–Crippen MR) is 68.2 cm³/mol. The molecule has 1 atom stereocenters. The molecular weight excluding hydrogens is 246 g/mol. The molecule has 2 rings (SSSR count). The van der Waals surface area contributed by atoms with E-state index in [0.29, 0.717) is 5.75 Å². The minimum Gasteiger partial charge on any atom is -0.489 e. The van der Waals surface area contributed by atoms with Crippen LogP contribution in [0.25, 0.3) is 0 Å². The lowest BCUT2D eigenvalue weighted by Gasteiger charge is -2.15. The highest BCUT2D eigenvalue weighted by atomic mass is 16.6. The fourth-order valence-corrected chi connectivity index (χ4v) is 1.41. The molecule has 0 spiro atoms. The topological polar surface area (TPSA) is 68.7 Å². The Morgan fingerprint density at radius 1 is 1.16 bits per heavy atom. The van der Waals surface area contributed by atoms with E-state index in [1.165, 1.54) is 6.20 Å². The molecule has 0 saturated carbocycles. The number of rotatable bonds is 6. The molecule has 5 nitrogen and oxygen atoms in total. The van der Waals surface area contributed by atoms with Crippen LogP contribution in [0.1, 0.15) is 0 Å². The molecule has 1 aromatic heterocycles. The molecule has 98 valence electrons. The van der Waals surface area contributed by atoms with Crippen LogP contribution in [0.4, 0.5) is 0 Å². The van der Waals surface area contributed by atoms with E-state index in [-0.39, 0.29) is 12.5 Å². The third-order valence-electron chi connectivity index (χ3n) is 2.32. The number of ether oxygens (including phenoxy) is 2. The lowest BCUT2D eigenvalue weighted by Crippen LogP contribution is -2.33. The normalized spacial score (nSPS) is 11.6. The van der Waals surface area contributed by atoms with Crippen LogP contribution in [0.3, 0.4) is 0 Å². The van der Waals surface area contributed by atoms with E-state index < -0.39 is 12.1 Å². The molecule has 1 aromatic carbocycles. The van der Waals surface area contributed by atoms with Gasteiger partial charge in [-0.15, -0.1) is 0 Å². The van der Waals surface area contributed by atoms with Crippen molar-refractivity contribution in [3.63, 3.8) is 0 Å². The molecule has 0 bridgehead atoms. The first-order valence-corrected chi connectivity index (χ1v) is 5.74. The molecule has 0 aliphatic carbocycles. The Labute approximate surface area is 110 Å². The number of pyridine rings is 1. The van der Waals surface area contributed by atoms with Crippen molar-refractivity contribution in [1.82, 2.24) is 4.98 Å². The number of carboxylic acids is 1. The number of hydrogen-bond acceptors (Lipinski definition) is 4. The second-order valence-corrected chi connectivity index (χ2v) is 3.74. The van der Waals surface area contributed by atoms with Crippen LogP contribution < -0.4 is 9.47 Å². The van der Waals surface area contributed by atoms with Gasteiger partial charge in [0.1, 0.15) is 12.4 Å². The third kappa shape index (κ3) is 3.99. The van der Waals surface area contributed by atoms with E-state index >= 15 is 0 Å². The molecule has 19 heavy (non-hydrogen) atoms. The fourth-order valence-electron chi connectivity index (χ4n) is 1.41. The summed E-state index contributed by atoms with van der Waals surface area (Å²) in [6.45, 7) is -0.0874. The van der Waals surface area contributed by atoms with Crippen molar-refractivity contribution in [3.05, 3.63) is 54.7 Å². The molecule has 0 aliphatic rings. The summed E-state index contributed by atoms with van der Waals surface area (Å²) in [6.07, 6.45) is 0.432. The minimum atomic E-state index is -1.10. The zero-order valence-electron chi connectivity index (χ0n) is 10.1. The highest BCUT2D eigenvalue weighted by molar-refractivity contribution is 5.72. The first kappa shape index (κ1) is 12.9. The second-order valence-electron chi connectivity index (χ2n) is 3.74. The van der Waals surface area contributed by atoms with E-state index in [4.69, 9.17) is 14.6 Å². The van der Waals surface area contributed by atoms with Crippen molar-refractivity contribution >= 4 is 5.97 Å². The zero-order valence-corrected chi connectivity index (χ0v) is 10.1. The number of aliphatic carboxylic acids is 1. The van der Waals surface area contributed by atoms with Gasteiger partial charge >= 0.3 is 5.97 Å². The van der Waals surface area contributed by atoms with Crippen molar-refractivity contribution in [2.24, 2.45) is 0 Å². The Morgan fingerprint density at radius 3 is 2.53 bits per heavy atom. The Hall–Kier alpha value is -2.56. The highest BCUT2D eigenvalue weighted by Crippen LogP contribution is 2.11. The van der Waals surface area contributed by atoms with Gasteiger partial charge in [0, 0.05) is 12.3 Å². The summed E-state index contributed by atoms with van der Waals surface area (Å²) in [4.78, 5) is 15.0. The minimum absolute atomic E-state index is 0.0874. The number of para-hydroxylation sites is 1. The molecule has 1 heterocycles. The SMILES string of the molecule is O=C(O)C(COc1ccccc1)Oc1ccccn1. The van der Waals surface area contributed by atoms with Crippen molar-refractivity contribution < 1.29 is 19.4 Å². The second kappa shape index (κ2) is 6.39. The third-order valence-corrected chi connectivity index (χ3v) is 2.32. The largest absolute Gasteiger partial charge is 0.489 e. The summed E-state index contributed by atoms with van der Waals surface area (Å²) >= 11 is 0. The number of aromatic nitrogens is 1. The van der Waals surface area contributed by atoms with Crippen molar-refractivity contribution in [2.75, 3.05) is 6.61 Å². The van der Waals surface area contributed by atoms with Crippen LogP contribution >= 0.6 is 0 Å². The van der Waals surface area contributed by atoms with Crippen LogP contribution in [-0.4, -0.2) is 28.8 Å². The van der Waals surface area contributed by atoms with Gasteiger partial charge in [0.25, 0.3) is 0 Å². The molecule has 0 radical (unpaired) electrons. The number of hydrogen-bond donors (Lipinski definition) is 1. The first-order chi connectivity index (χ1) is 9.25. The van der Waals surface area contributed by atoms with Crippen LogP contribution in [-0.2, 0) is 4.79 Å². The fraction of sp³-hybridized carbons (Fsp3) is 0.143. The van der Waals surface area contributed by atoms with Gasteiger partial charge in [-0.3, -0.25) is 0 Å². The number of nitrogens with zero attached hydrogens (tertiary/aromatic N) is 1. The van der Waals surface area contributed by atoms with Crippen LogP contribution in [0.15, 0.2) is 54.7 Å². The van der Waals surface area contributed by atoms with Gasteiger partial charge in [-0.1, -0.05) is 24.3 Å². The van der Waals surface area contributed by atoms with Gasteiger partial charge in [0.2, 0.25) is 12.0 Å². The average Bonchev–Trinajstić information content (AvgIpc) is 2.45. The maximum Gasteiger partial charge on any atom is 0.348 e. The lowest BCUT2D eigenvalue weighted by atomic mass is 10.3. The maximum absolute atomic E-state index is 11.1. The van der Waals surface area contributed by atoms with Crippen LogP contribution in [0.2, 0.25) is 0 Å². The molecular formula is C14H13NO4. The van der Waals surface area contributed by atoms with E-state index in [1.54, 1.807) is 30.3 Å². The van der Waals surface area contributed by atoms with Gasteiger partial charge < -0.3 is 14.6 Å². The summed E-state index contributed by atoms with van der Waals surface area (Å²) in [7, 11) is 0. The maximum atomic E-state index is 11.1. The summed E-state index contributed by atoms with van der Waals surface area (Å²) < 4.78 is 10.6. The van der Waals surface area contributed by atoms with Crippen LogP contribution in [0, 0.1) is 0 Å². The quantitative estimate of drug-likeness (QED) is 0.859. The Morgan fingerprint density at radius 2 is 1.89 bits per heavy atom. The molecule has 2 aromatic rings. The van der Waals surface area contributed by atoms with Gasteiger partial charge in [0.05, 0.1) is 0 Å². The molecule has 1 unspecified atom stereocenters. The Balaban J connectivity index is 1.95. The zero-order chi connectivity index (χ0) is 13.5. The van der Waals surface area contributed by atoms with E-state index in [1.807, 2.05) is 18.2 Å². The van der Waals surface area contributed by atoms with Gasteiger partial charge in [0.15, 0.2) is 0 Å². The molecule has 5 heteroatoms.